The molecular weight excluding hydrogens is 270 g/mol. The second-order valence-electron chi connectivity index (χ2n) is 3.73. The molecule has 1 aromatic heterocycles. The molecule has 1 N–H and O–H groups in total. The number of anilines is 1. The number of hydrogen-bond acceptors (Lipinski definition) is 4. The van der Waals surface area contributed by atoms with Gasteiger partial charge in [0.15, 0.2) is 0 Å². The third-order valence-electron chi connectivity index (χ3n) is 2.55. The van der Waals surface area contributed by atoms with Gasteiger partial charge in [-0.3, -0.25) is 4.90 Å². The van der Waals surface area contributed by atoms with E-state index in [9.17, 15) is 0 Å². The molecule has 1 aliphatic heterocycles. The van der Waals surface area contributed by atoms with Crippen molar-refractivity contribution in [1.82, 2.24) is 9.88 Å². The maximum atomic E-state index is 5.30. The summed E-state index contributed by atoms with van der Waals surface area (Å²) in [5.74, 6) is 0.919. The fourth-order valence-electron chi connectivity index (χ4n) is 1.67. The second-order valence-corrected chi connectivity index (χ2v) is 4.54. The summed E-state index contributed by atoms with van der Waals surface area (Å²) in [5, 5.41) is 3.31. The van der Waals surface area contributed by atoms with Gasteiger partial charge in [-0.05, 0) is 28.1 Å². The summed E-state index contributed by atoms with van der Waals surface area (Å²) >= 11 is 3.35. The van der Waals surface area contributed by atoms with E-state index >= 15 is 0 Å². The molecule has 0 unspecified atom stereocenters. The van der Waals surface area contributed by atoms with Gasteiger partial charge in [-0.15, -0.1) is 0 Å². The van der Waals surface area contributed by atoms with E-state index in [1.165, 1.54) is 0 Å². The topological polar surface area (TPSA) is 37.4 Å². The van der Waals surface area contributed by atoms with Gasteiger partial charge in [-0.2, -0.15) is 0 Å². The number of morpholine rings is 1. The van der Waals surface area contributed by atoms with E-state index in [2.05, 4.69) is 31.1 Å². The van der Waals surface area contributed by atoms with Gasteiger partial charge < -0.3 is 10.1 Å². The first-order valence-electron chi connectivity index (χ1n) is 5.51. The lowest BCUT2D eigenvalue weighted by molar-refractivity contribution is 0.0398. The maximum Gasteiger partial charge on any atom is 0.127 e. The normalized spacial score (nSPS) is 17.3. The molecule has 0 aliphatic carbocycles. The van der Waals surface area contributed by atoms with Crippen LogP contribution in [0.2, 0.25) is 0 Å². The Morgan fingerprint density at radius 1 is 1.38 bits per heavy atom. The number of aromatic nitrogens is 1. The number of halogens is 1. The van der Waals surface area contributed by atoms with Crippen molar-refractivity contribution in [2.75, 3.05) is 44.7 Å². The summed E-state index contributed by atoms with van der Waals surface area (Å²) in [6.45, 7) is 5.74. The van der Waals surface area contributed by atoms with Crippen LogP contribution in [0.1, 0.15) is 0 Å². The van der Waals surface area contributed by atoms with E-state index in [1.54, 1.807) is 0 Å². The molecule has 0 saturated carbocycles. The first-order valence-corrected chi connectivity index (χ1v) is 6.30. The average Bonchev–Trinajstić information content (AvgIpc) is 2.30. The minimum absolute atomic E-state index is 0.856. The molecule has 0 aromatic carbocycles. The fourth-order valence-corrected chi connectivity index (χ4v) is 2.02. The Morgan fingerprint density at radius 3 is 2.94 bits per heavy atom. The molecule has 2 rings (SSSR count). The van der Waals surface area contributed by atoms with Gasteiger partial charge in [0.25, 0.3) is 0 Å². The number of rotatable bonds is 4. The summed E-state index contributed by atoms with van der Waals surface area (Å²) < 4.78 is 6.16. The van der Waals surface area contributed by atoms with Crippen molar-refractivity contribution in [3.8, 4) is 0 Å². The third-order valence-corrected chi connectivity index (χ3v) is 2.99. The second kappa shape index (κ2) is 6.18. The van der Waals surface area contributed by atoms with Crippen LogP contribution in [0.5, 0.6) is 0 Å². The molecule has 0 radical (unpaired) electrons. The highest BCUT2D eigenvalue weighted by molar-refractivity contribution is 9.10. The quantitative estimate of drug-likeness (QED) is 0.853. The Balaban J connectivity index is 1.71. The molecule has 2 heterocycles. The van der Waals surface area contributed by atoms with Crippen LogP contribution in [0, 0.1) is 0 Å². The minimum Gasteiger partial charge on any atom is -0.379 e. The Bertz CT molecular complexity index is 329. The molecule has 16 heavy (non-hydrogen) atoms. The number of hydrogen-bond donors (Lipinski definition) is 1. The van der Waals surface area contributed by atoms with Crippen LogP contribution in [0.3, 0.4) is 0 Å². The number of nitrogens with zero attached hydrogens (tertiary/aromatic N) is 2. The molecule has 0 atom stereocenters. The molecular formula is C11H16BrN3O. The van der Waals surface area contributed by atoms with Crippen molar-refractivity contribution in [3.63, 3.8) is 0 Å². The molecule has 0 bridgehead atoms. The molecule has 4 nitrogen and oxygen atoms in total. The monoisotopic (exact) mass is 285 g/mol. The van der Waals surface area contributed by atoms with Crippen molar-refractivity contribution >= 4 is 21.7 Å². The van der Waals surface area contributed by atoms with Gasteiger partial charge in [0.1, 0.15) is 10.4 Å². The van der Waals surface area contributed by atoms with Crippen LogP contribution >= 0.6 is 15.9 Å². The SMILES string of the molecule is Brc1cccc(NCCN2CCOCC2)n1. The van der Waals surface area contributed by atoms with E-state index in [4.69, 9.17) is 4.74 Å². The molecule has 1 aromatic rings. The Hall–Kier alpha value is -0.650. The van der Waals surface area contributed by atoms with Crippen LogP contribution in [-0.4, -0.2) is 49.3 Å². The van der Waals surface area contributed by atoms with E-state index in [0.29, 0.717) is 0 Å². The summed E-state index contributed by atoms with van der Waals surface area (Å²) in [4.78, 5) is 6.72. The summed E-state index contributed by atoms with van der Waals surface area (Å²) in [7, 11) is 0. The highest BCUT2D eigenvalue weighted by Crippen LogP contribution is 2.09. The van der Waals surface area contributed by atoms with Gasteiger partial charge in [-0.25, -0.2) is 4.98 Å². The van der Waals surface area contributed by atoms with Crippen molar-refractivity contribution in [2.24, 2.45) is 0 Å². The van der Waals surface area contributed by atoms with Gasteiger partial charge in [0.05, 0.1) is 13.2 Å². The Labute approximate surface area is 104 Å². The number of ether oxygens (including phenoxy) is 1. The predicted octanol–water partition coefficient (Wildman–Crippen LogP) is 1.59. The van der Waals surface area contributed by atoms with Gasteiger partial charge in [0.2, 0.25) is 0 Å². The molecule has 1 fully saturated rings. The third kappa shape index (κ3) is 3.73. The summed E-state index contributed by atoms with van der Waals surface area (Å²) in [5.41, 5.74) is 0. The minimum atomic E-state index is 0.856. The number of pyridine rings is 1. The van der Waals surface area contributed by atoms with E-state index in [0.717, 1.165) is 49.8 Å². The molecule has 88 valence electrons. The zero-order valence-electron chi connectivity index (χ0n) is 9.16. The van der Waals surface area contributed by atoms with Crippen molar-refractivity contribution in [2.45, 2.75) is 0 Å². The lowest BCUT2D eigenvalue weighted by Crippen LogP contribution is -2.39. The molecule has 1 aliphatic rings. The Kier molecular flexibility index (Phi) is 4.56. The van der Waals surface area contributed by atoms with Crippen molar-refractivity contribution in [3.05, 3.63) is 22.8 Å². The lowest BCUT2D eigenvalue weighted by atomic mass is 10.4. The highest BCUT2D eigenvalue weighted by atomic mass is 79.9. The zero-order chi connectivity index (χ0) is 11.2. The highest BCUT2D eigenvalue weighted by Gasteiger charge is 2.09. The molecule has 0 spiro atoms. The first kappa shape index (κ1) is 11.8. The molecule has 0 amide bonds. The predicted molar refractivity (Wildman–Crippen MR) is 67.7 cm³/mol. The van der Waals surface area contributed by atoms with Gasteiger partial charge in [0, 0.05) is 26.2 Å². The molecule has 1 saturated heterocycles. The standard InChI is InChI=1S/C11H16BrN3O/c12-10-2-1-3-11(14-10)13-4-5-15-6-8-16-9-7-15/h1-3H,4-9H2,(H,13,14). The van der Waals surface area contributed by atoms with Gasteiger partial charge in [-0.1, -0.05) is 6.07 Å². The van der Waals surface area contributed by atoms with Gasteiger partial charge >= 0.3 is 0 Å². The average molecular weight is 286 g/mol. The smallest absolute Gasteiger partial charge is 0.127 e. The van der Waals surface area contributed by atoms with Crippen LogP contribution in [-0.2, 0) is 4.74 Å². The lowest BCUT2D eigenvalue weighted by Gasteiger charge is -2.26. The van der Waals surface area contributed by atoms with Crippen LogP contribution in [0.15, 0.2) is 22.8 Å². The van der Waals surface area contributed by atoms with Crippen molar-refractivity contribution < 1.29 is 4.74 Å². The van der Waals surface area contributed by atoms with E-state index in [1.807, 2.05) is 18.2 Å². The zero-order valence-corrected chi connectivity index (χ0v) is 10.7. The molecule has 5 heteroatoms. The first-order chi connectivity index (χ1) is 7.84. The van der Waals surface area contributed by atoms with Crippen LogP contribution in [0.4, 0.5) is 5.82 Å². The summed E-state index contributed by atoms with van der Waals surface area (Å²) in [6, 6.07) is 5.88. The van der Waals surface area contributed by atoms with Crippen molar-refractivity contribution in [1.29, 1.82) is 0 Å². The maximum absolute atomic E-state index is 5.30. The van der Waals surface area contributed by atoms with E-state index < -0.39 is 0 Å². The van der Waals surface area contributed by atoms with Crippen LogP contribution < -0.4 is 5.32 Å². The summed E-state index contributed by atoms with van der Waals surface area (Å²) in [6.07, 6.45) is 0. The largest absolute Gasteiger partial charge is 0.379 e. The fraction of sp³-hybridized carbons (Fsp3) is 0.545. The number of nitrogens with one attached hydrogen (secondary N) is 1. The van der Waals surface area contributed by atoms with Crippen LogP contribution in [0.25, 0.3) is 0 Å². The Morgan fingerprint density at radius 2 is 2.19 bits per heavy atom. The van der Waals surface area contributed by atoms with E-state index in [-0.39, 0.29) is 0 Å².